The quantitative estimate of drug-likeness (QED) is 0.0262. The smallest absolute Gasteiger partial charge is 0.306 e. The van der Waals surface area contributed by atoms with Crippen LogP contribution in [0, 0.1) is 0 Å². The van der Waals surface area contributed by atoms with E-state index in [2.05, 4.69) is 57.2 Å². The molecule has 0 radical (unpaired) electrons. The average Bonchev–Trinajstić information content (AvgIpc) is 3.29. The molecule has 0 bridgehead atoms. The Hall–Kier alpha value is -2.37. The van der Waals surface area contributed by atoms with E-state index in [1.165, 1.54) is 173 Å². The third-order valence-electron chi connectivity index (χ3n) is 12.4. The number of hydrogen-bond donors (Lipinski definition) is 0. The lowest BCUT2D eigenvalue weighted by Crippen LogP contribution is -2.30. The Morgan fingerprint density at radius 3 is 0.922 bits per heavy atom. The first kappa shape index (κ1) is 61.6. The van der Waals surface area contributed by atoms with Crippen LogP contribution in [-0.2, 0) is 28.6 Å². The van der Waals surface area contributed by atoms with Gasteiger partial charge in [0.2, 0.25) is 0 Å². The second-order valence-corrected chi connectivity index (χ2v) is 18.8. The van der Waals surface area contributed by atoms with E-state index in [9.17, 15) is 14.4 Å². The molecule has 1 atom stereocenters. The van der Waals surface area contributed by atoms with Crippen molar-refractivity contribution in [2.45, 2.75) is 303 Å². The van der Waals surface area contributed by atoms with Gasteiger partial charge in [0.1, 0.15) is 13.2 Å². The van der Waals surface area contributed by atoms with Crippen molar-refractivity contribution >= 4 is 17.9 Å². The zero-order valence-electron chi connectivity index (χ0n) is 42.8. The fourth-order valence-electron chi connectivity index (χ4n) is 8.12. The molecule has 0 saturated heterocycles. The number of unbranched alkanes of at least 4 members (excludes halogenated alkanes) is 34. The van der Waals surface area contributed by atoms with E-state index < -0.39 is 6.10 Å². The van der Waals surface area contributed by atoms with Gasteiger partial charge in [-0.25, -0.2) is 0 Å². The lowest BCUT2D eigenvalue weighted by molar-refractivity contribution is -0.167. The third-order valence-corrected chi connectivity index (χ3v) is 12.4. The molecular formula is C58H106O6. The summed E-state index contributed by atoms with van der Waals surface area (Å²) in [5.74, 6) is -0.879. The molecule has 6 nitrogen and oxygen atoms in total. The SMILES string of the molecule is CCCCC/C=C/C/C=C/CCCCCCCC(=O)O[C@H](COC(=O)CCCCCCCCC/C=C/CCCCCC)COC(=O)CCCCCCCCCCCCCCCCCC. The van der Waals surface area contributed by atoms with Gasteiger partial charge in [0.15, 0.2) is 6.10 Å². The van der Waals surface area contributed by atoms with Crippen molar-refractivity contribution in [3.05, 3.63) is 36.5 Å². The van der Waals surface area contributed by atoms with E-state index in [1.807, 2.05) is 0 Å². The van der Waals surface area contributed by atoms with E-state index in [1.54, 1.807) is 0 Å². The zero-order valence-corrected chi connectivity index (χ0v) is 42.8. The van der Waals surface area contributed by atoms with Gasteiger partial charge < -0.3 is 14.2 Å². The lowest BCUT2D eigenvalue weighted by Gasteiger charge is -2.18. The minimum Gasteiger partial charge on any atom is -0.462 e. The Kier molecular flexibility index (Phi) is 51.3. The Labute approximate surface area is 397 Å². The van der Waals surface area contributed by atoms with Gasteiger partial charge in [0.05, 0.1) is 0 Å². The molecule has 374 valence electrons. The van der Waals surface area contributed by atoms with Crippen LogP contribution in [-0.4, -0.2) is 37.2 Å². The third kappa shape index (κ3) is 50.6. The molecule has 0 N–H and O–H groups in total. The van der Waals surface area contributed by atoms with E-state index in [0.717, 1.165) is 83.5 Å². The first-order chi connectivity index (χ1) is 31.5. The van der Waals surface area contributed by atoms with Gasteiger partial charge in [0, 0.05) is 19.3 Å². The van der Waals surface area contributed by atoms with Gasteiger partial charge in [-0.2, -0.15) is 0 Å². The van der Waals surface area contributed by atoms with Crippen LogP contribution in [0.4, 0.5) is 0 Å². The lowest BCUT2D eigenvalue weighted by atomic mass is 10.0. The van der Waals surface area contributed by atoms with E-state index in [0.29, 0.717) is 19.3 Å². The molecule has 0 aromatic carbocycles. The molecule has 0 aliphatic heterocycles. The largest absolute Gasteiger partial charge is 0.462 e. The Morgan fingerprint density at radius 1 is 0.312 bits per heavy atom. The van der Waals surface area contributed by atoms with Crippen LogP contribution in [0.1, 0.15) is 297 Å². The molecule has 0 aliphatic rings. The number of carbonyl (C=O) groups is 3. The number of esters is 3. The first-order valence-electron chi connectivity index (χ1n) is 28.0. The normalized spacial score (nSPS) is 12.2. The highest BCUT2D eigenvalue weighted by Crippen LogP contribution is 2.16. The molecular weight excluding hydrogens is 793 g/mol. The van der Waals surface area contributed by atoms with Crippen LogP contribution in [0.15, 0.2) is 36.5 Å². The molecule has 0 fully saturated rings. The minimum atomic E-state index is -0.778. The number of hydrogen-bond acceptors (Lipinski definition) is 6. The first-order valence-corrected chi connectivity index (χ1v) is 28.0. The van der Waals surface area contributed by atoms with Gasteiger partial charge in [-0.3, -0.25) is 14.4 Å². The molecule has 0 aromatic rings. The predicted octanol–water partition coefficient (Wildman–Crippen LogP) is 18.5. The van der Waals surface area contributed by atoms with E-state index in [4.69, 9.17) is 14.2 Å². The number of ether oxygens (including phenoxy) is 3. The topological polar surface area (TPSA) is 78.9 Å². The summed E-state index contributed by atoms with van der Waals surface area (Å²) in [4.78, 5) is 38.1. The summed E-state index contributed by atoms with van der Waals surface area (Å²) in [5, 5.41) is 0. The van der Waals surface area contributed by atoms with Crippen LogP contribution < -0.4 is 0 Å². The summed E-state index contributed by atoms with van der Waals surface area (Å²) < 4.78 is 16.8. The molecule has 0 spiro atoms. The van der Waals surface area contributed by atoms with Crippen LogP contribution in [0.5, 0.6) is 0 Å². The summed E-state index contributed by atoms with van der Waals surface area (Å²) in [6, 6.07) is 0. The molecule has 0 heterocycles. The van der Waals surface area contributed by atoms with Crippen molar-refractivity contribution in [2.24, 2.45) is 0 Å². The van der Waals surface area contributed by atoms with E-state index >= 15 is 0 Å². The highest BCUT2D eigenvalue weighted by molar-refractivity contribution is 5.71. The fourth-order valence-corrected chi connectivity index (χ4v) is 8.12. The van der Waals surface area contributed by atoms with Crippen LogP contribution >= 0.6 is 0 Å². The highest BCUT2D eigenvalue weighted by Gasteiger charge is 2.19. The molecule has 0 amide bonds. The van der Waals surface area contributed by atoms with Gasteiger partial charge >= 0.3 is 17.9 Å². The average molecular weight is 899 g/mol. The predicted molar refractivity (Wildman–Crippen MR) is 275 cm³/mol. The molecule has 0 aromatic heterocycles. The van der Waals surface area contributed by atoms with Crippen LogP contribution in [0.25, 0.3) is 0 Å². The van der Waals surface area contributed by atoms with Crippen molar-refractivity contribution < 1.29 is 28.6 Å². The summed E-state index contributed by atoms with van der Waals surface area (Å²) in [6.07, 6.45) is 62.7. The zero-order chi connectivity index (χ0) is 46.5. The second-order valence-electron chi connectivity index (χ2n) is 18.8. The Morgan fingerprint density at radius 2 is 0.562 bits per heavy atom. The monoisotopic (exact) mass is 899 g/mol. The van der Waals surface area contributed by atoms with Gasteiger partial charge in [0.25, 0.3) is 0 Å². The maximum absolute atomic E-state index is 12.8. The van der Waals surface area contributed by atoms with Crippen LogP contribution in [0.2, 0.25) is 0 Å². The molecule has 6 heteroatoms. The number of rotatable bonds is 51. The highest BCUT2D eigenvalue weighted by atomic mass is 16.6. The maximum Gasteiger partial charge on any atom is 0.306 e. The van der Waals surface area contributed by atoms with Gasteiger partial charge in [-0.1, -0.05) is 237 Å². The Balaban J connectivity index is 4.37. The molecule has 0 saturated carbocycles. The Bertz CT molecular complexity index is 1080. The van der Waals surface area contributed by atoms with Crippen molar-refractivity contribution in [2.75, 3.05) is 13.2 Å². The molecule has 0 aliphatic carbocycles. The van der Waals surface area contributed by atoms with Crippen molar-refractivity contribution in [1.29, 1.82) is 0 Å². The maximum atomic E-state index is 12.8. The molecule has 64 heavy (non-hydrogen) atoms. The van der Waals surface area contributed by atoms with Gasteiger partial charge in [-0.15, -0.1) is 0 Å². The number of carbonyl (C=O) groups excluding carboxylic acids is 3. The number of allylic oxidation sites excluding steroid dienone is 6. The van der Waals surface area contributed by atoms with Gasteiger partial charge in [-0.05, 0) is 77.0 Å². The molecule has 0 unspecified atom stereocenters. The van der Waals surface area contributed by atoms with Crippen molar-refractivity contribution in [3.63, 3.8) is 0 Å². The second kappa shape index (κ2) is 53.2. The standard InChI is InChI=1S/C58H106O6/c1-4-7-10-13-16-19-22-25-28-31-33-36-39-42-45-48-51-57(60)63-54-55(64-58(61)52-49-46-43-40-37-34-30-27-24-21-18-15-12-9-6-3)53-62-56(59)50-47-44-41-38-35-32-29-26-23-20-17-14-11-8-5-2/h18,20-21,23,27,30,55H,4-17,19,22,24-26,28-29,31-54H2,1-3H3/b21-18+,23-20+,30-27+/t55-/m1/s1. The van der Waals surface area contributed by atoms with E-state index in [-0.39, 0.29) is 31.1 Å². The molecule has 0 rings (SSSR count). The summed E-state index contributed by atoms with van der Waals surface area (Å²) in [5.41, 5.74) is 0. The summed E-state index contributed by atoms with van der Waals surface area (Å²) in [7, 11) is 0. The fraction of sp³-hybridized carbons (Fsp3) is 0.845. The minimum absolute atomic E-state index is 0.0758. The van der Waals surface area contributed by atoms with Crippen molar-refractivity contribution in [3.8, 4) is 0 Å². The summed E-state index contributed by atoms with van der Waals surface area (Å²) in [6.45, 7) is 6.62. The van der Waals surface area contributed by atoms with Crippen molar-refractivity contribution in [1.82, 2.24) is 0 Å². The van der Waals surface area contributed by atoms with Crippen LogP contribution in [0.3, 0.4) is 0 Å². The summed E-state index contributed by atoms with van der Waals surface area (Å²) >= 11 is 0.